The van der Waals surface area contributed by atoms with Crippen LogP contribution < -0.4 is 0 Å². The fourth-order valence-corrected chi connectivity index (χ4v) is 1.89. The highest BCUT2D eigenvalue weighted by molar-refractivity contribution is 9.10. The van der Waals surface area contributed by atoms with Crippen LogP contribution in [0, 0.1) is 5.82 Å². The molecule has 0 aliphatic carbocycles. The number of hydrogen-bond acceptors (Lipinski definition) is 2. The quantitative estimate of drug-likeness (QED) is 0.773. The second kappa shape index (κ2) is 3.61. The van der Waals surface area contributed by atoms with Gasteiger partial charge in [-0.1, -0.05) is 12.1 Å². The van der Waals surface area contributed by atoms with E-state index in [-0.39, 0.29) is 5.82 Å². The summed E-state index contributed by atoms with van der Waals surface area (Å²) < 4.78 is 24.9. The van der Waals surface area contributed by atoms with Crippen molar-refractivity contribution in [3.8, 4) is 0 Å². The standard InChI is InChI=1S/C10H10BrFO2/c1-10(13-5-6-14-10)7-3-2-4-8(11)9(7)12/h2-4H,5-6H2,1H3. The molecule has 4 heteroatoms. The molecule has 1 heterocycles. The Kier molecular flexibility index (Phi) is 2.60. The molecule has 0 atom stereocenters. The molecule has 0 radical (unpaired) electrons. The molecule has 0 unspecified atom stereocenters. The monoisotopic (exact) mass is 260 g/mol. The Morgan fingerprint density at radius 2 is 2.00 bits per heavy atom. The first-order valence-electron chi connectivity index (χ1n) is 4.36. The van der Waals surface area contributed by atoms with E-state index in [0.717, 1.165) is 0 Å². The summed E-state index contributed by atoms with van der Waals surface area (Å²) in [7, 11) is 0. The van der Waals surface area contributed by atoms with Crippen LogP contribution in [0.3, 0.4) is 0 Å². The van der Waals surface area contributed by atoms with Crippen LogP contribution in [0.1, 0.15) is 12.5 Å². The number of benzene rings is 1. The SMILES string of the molecule is CC1(c2cccc(Br)c2F)OCCO1. The Morgan fingerprint density at radius 1 is 1.36 bits per heavy atom. The maximum Gasteiger partial charge on any atom is 0.194 e. The lowest BCUT2D eigenvalue weighted by Crippen LogP contribution is -2.24. The second-order valence-electron chi connectivity index (χ2n) is 3.24. The molecule has 76 valence electrons. The summed E-state index contributed by atoms with van der Waals surface area (Å²) in [4.78, 5) is 0. The number of rotatable bonds is 1. The lowest BCUT2D eigenvalue weighted by Gasteiger charge is -2.23. The van der Waals surface area contributed by atoms with Crippen molar-refractivity contribution < 1.29 is 13.9 Å². The fraction of sp³-hybridized carbons (Fsp3) is 0.400. The average Bonchev–Trinajstić information content (AvgIpc) is 2.58. The van der Waals surface area contributed by atoms with Crippen molar-refractivity contribution >= 4 is 15.9 Å². The van der Waals surface area contributed by atoms with Gasteiger partial charge in [-0.3, -0.25) is 0 Å². The van der Waals surface area contributed by atoms with Crippen LogP contribution in [0.25, 0.3) is 0 Å². The minimum absolute atomic E-state index is 0.322. The zero-order valence-electron chi connectivity index (χ0n) is 7.72. The Bertz CT molecular complexity index is 348. The molecule has 0 saturated carbocycles. The van der Waals surface area contributed by atoms with E-state index in [1.165, 1.54) is 0 Å². The Labute approximate surface area is 90.1 Å². The van der Waals surface area contributed by atoms with Crippen LogP contribution in [0.2, 0.25) is 0 Å². The molecule has 1 fully saturated rings. The molecule has 2 nitrogen and oxygen atoms in total. The first-order chi connectivity index (χ1) is 6.63. The Balaban J connectivity index is 2.45. The Hall–Kier alpha value is -0.450. The average molecular weight is 261 g/mol. The molecular weight excluding hydrogens is 251 g/mol. The Morgan fingerprint density at radius 3 is 2.64 bits per heavy atom. The minimum atomic E-state index is -0.937. The largest absolute Gasteiger partial charge is 0.344 e. The number of hydrogen-bond donors (Lipinski definition) is 0. The molecule has 1 aliphatic rings. The van der Waals surface area contributed by atoms with Crippen molar-refractivity contribution in [2.75, 3.05) is 13.2 Å². The third-order valence-electron chi connectivity index (χ3n) is 2.28. The highest BCUT2D eigenvalue weighted by atomic mass is 79.9. The first kappa shape index (κ1) is 10.1. The van der Waals surface area contributed by atoms with Crippen molar-refractivity contribution in [2.45, 2.75) is 12.7 Å². The van der Waals surface area contributed by atoms with Gasteiger partial charge < -0.3 is 9.47 Å². The van der Waals surface area contributed by atoms with E-state index in [1.54, 1.807) is 25.1 Å². The summed E-state index contributed by atoms with van der Waals surface area (Å²) in [6, 6.07) is 5.08. The zero-order chi connectivity index (χ0) is 10.2. The van der Waals surface area contributed by atoms with Crippen molar-refractivity contribution in [3.63, 3.8) is 0 Å². The molecule has 0 bridgehead atoms. The number of ether oxygens (including phenoxy) is 2. The molecule has 14 heavy (non-hydrogen) atoms. The summed E-state index contributed by atoms with van der Waals surface area (Å²) in [6.07, 6.45) is 0. The third-order valence-corrected chi connectivity index (χ3v) is 2.89. The van der Waals surface area contributed by atoms with Crippen LogP contribution in [0.15, 0.2) is 22.7 Å². The predicted octanol–water partition coefficient (Wildman–Crippen LogP) is 2.81. The highest BCUT2D eigenvalue weighted by Gasteiger charge is 2.35. The molecule has 1 saturated heterocycles. The molecule has 1 aromatic rings. The summed E-state index contributed by atoms with van der Waals surface area (Å²) in [5.41, 5.74) is 0.435. The summed E-state index contributed by atoms with van der Waals surface area (Å²) in [6.45, 7) is 2.73. The van der Waals surface area contributed by atoms with Gasteiger partial charge in [0.05, 0.1) is 17.7 Å². The van der Waals surface area contributed by atoms with Crippen molar-refractivity contribution in [1.82, 2.24) is 0 Å². The topological polar surface area (TPSA) is 18.5 Å². The fourth-order valence-electron chi connectivity index (χ4n) is 1.52. The van der Waals surface area contributed by atoms with E-state index in [9.17, 15) is 4.39 Å². The van der Waals surface area contributed by atoms with Gasteiger partial charge in [0.1, 0.15) is 5.82 Å². The normalized spacial score (nSPS) is 19.9. The predicted molar refractivity (Wildman–Crippen MR) is 53.4 cm³/mol. The maximum atomic E-state index is 13.7. The van der Waals surface area contributed by atoms with E-state index in [2.05, 4.69) is 15.9 Å². The summed E-state index contributed by atoms with van der Waals surface area (Å²) >= 11 is 3.13. The maximum absolute atomic E-state index is 13.7. The van der Waals surface area contributed by atoms with Gasteiger partial charge in [-0.25, -0.2) is 4.39 Å². The van der Waals surface area contributed by atoms with E-state index < -0.39 is 5.79 Å². The molecule has 0 amide bonds. The van der Waals surface area contributed by atoms with Gasteiger partial charge in [-0.15, -0.1) is 0 Å². The van der Waals surface area contributed by atoms with Gasteiger partial charge in [-0.2, -0.15) is 0 Å². The molecule has 2 rings (SSSR count). The van der Waals surface area contributed by atoms with Crippen molar-refractivity contribution in [1.29, 1.82) is 0 Å². The highest BCUT2D eigenvalue weighted by Crippen LogP contribution is 2.34. The van der Waals surface area contributed by atoms with Gasteiger partial charge in [-0.05, 0) is 28.9 Å². The minimum Gasteiger partial charge on any atom is -0.344 e. The van der Waals surface area contributed by atoms with Gasteiger partial charge in [0.15, 0.2) is 5.79 Å². The zero-order valence-corrected chi connectivity index (χ0v) is 9.30. The second-order valence-corrected chi connectivity index (χ2v) is 4.10. The number of halogens is 2. The van der Waals surface area contributed by atoms with Crippen molar-refractivity contribution in [2.24, 2.45) is 0 Å². The van der Waals surface area contributed by atoms with Crippen LogP contribution >= 0.6 is 15.9 Å². The molecule has 0 N–H and O–H groups in total. The molecule has 1 aliphatic heterocycles. The summed E-state index contributed by atoms with van der Waals surface area (Å²) in [5, 5.41) is 0. The van der Waals surface area contributed by atoms with Gasteiger partial charge >= 0.3 is 0 Å². The van der Waals surface area contributed by atoms with Gasteiger partial charge in [0.25, 0.3) is 0 Å². The van der Waals surface area contributed by atoms with Crippen LogP contribution in [0.4, 0.5) is 4.39 Å². The van der Waals surface area contributed by atoms with Crippen LogP contribution in [-0.4, -0.2) is 13.2 Å². The van der Waals surface area contributed by atoms with Gasteiger partial charge in [0, 0.05) is 5.56 Å². The lowest BCUT2D eigenvalue weighted by atomic mass is 10.1. The van der Waals surface area contributed by atoms with E-state index in [4.69, 9.17) is 9.47 Å². The summed E-state index contributed by atoms with van der Waals surface area (Å²) in [5.74, 6) is -1.26. The third kappa shape index (κ3) is 1.58. The van der Waals surface area contributed by atoms with Crippen LogP contribution in [0.5, 0.6) is 0 Å². The molecule has 0 aromatic heterocycles. The molecule has 0 spiro atoms. The van der Waals surface area contributed by atoms with Crippen LogP contribution in [-0.2, 0) is 15.3 Å². The van der Waals surface area contributed by atoms with Gasteiger partial charge in [0.2, 0.25) is 0 Å². The smallest absolute Gasteiger partial charge is 0.194 e. The van der Waals surface area contributed by atoms with Crippen molar-refractivity contribution in [3.05, 3.63) is 34.1 Å². The van der Waals surface area contributed by atoms with E-state index in [1.807, 2.05) is 0 Å². The van der Waals surface area contributed by atoms with E-state index >= 15 is 0 Å². The lowest BCUT2D eigenvalue weighted by molar-refractivity contribution is -0.151. The first-order valence-corrected chi connectivity index (χ1v) is 5.15. The molecular formula is C10H10BrFO2. The van der Waals surface area contributed by atoms with E-state index in [0.29, 0.717) is 23.2 Å². The molecule has 1 aromatic carbocycles.